The van der Waals surface area contributed by atoms with Gasteiger partial charge in [0.15, 0.2) is 0 Å². The van der Waals surface area contributed by atoms with Gasteiger partial charge >= 0.3 is 0 Å². The molecule has 2 aliphatic rings. The quantitative estimate of drug-likeness (QED) is 0.826. The van der Waals surface area contributed by atoms with E-state index < -0.39 is 0 Å². The second-order valence-corrected chi connectivity index (χ2v) is 6.24. The number of ether oxygens (including phenoxy) is 1. The molecule has 0 aliphatic carbocycles. The van der Waals surface area contributed by atoms with Gasteiger partial charge in [-0.3, -0.25) is 4.79 Å². The minimum atomic E-state index is 0.117. The summed E-state index contributed by atoms with van der Waals surface area (Å²) < 4.78 is 5.18. The molecule has 0 N–H and O–H groups in total. The zero-order valence-corrected chi connectivity index (χ0v) is 13.0. The number of carbonyl (C=O) groups excluding carboxylic acids is 1. The molecule has 0 saturated carbocycles. The number of hydrogen-bond donors (Lipinski definition) is 0. The second kappa shape index (κ2) is 5.48. The van der Waals surface area contributed by atoms with E-state index in [0.29, 0.717) is 17.9 Å². The Morgan fingerprint density at radius 2 is 2.14 bits per heavy atom. The van der Waals surface area contributed by atoms with Gasteiger partial charge in [0.1, 0.15) is 11.6 Å². The van der Waals surface area contributed by atoms with E-state index in [1.54, 1.807) is 6.20 Å². The Hall–Kier alpha value is -2.29. The molecule has 0 bridgehead atoms. The summed E-state index contributed by atoms with van der Waals surface area (Å²) in [6.45, 7) is 2.55. The number of nitriles is 1. The van der Waals surface area contributed by atoms with Gasteiger partial charge in [0.05, 0.1) is 12.8 Å². The van der Waals surface area contributed by atoms with Crippen LogP contribution in [0, 0.1) is 16.7 Å². The van der Waals surface area contributed by atoms with Crippen molar-refractivity contribution in [1.29, 1.82) is 5.26 Å². The molecule has 0 atom stereocenters. The fourth-order valence-corrected chi connectivity index (χ4v) is 3.62. The smallest absolute Gasteiger partial charge is 0.233 e. The number of piperidine rings is 1. The van der Waals surface area contributed by atoms with E-state index in [-0.39, 0.29) is 11.3 Å². The fourth-order valence-electron chi connectivity index (χ4n) is 3.62. The summed E-state index contributed by atoms with van der Waals surface area (Å²) in [4.78, 5) is 20.0. The number of carbonyl (C=O) groups is 1. The fraction of sp³-hybridized carbons (Fsp3) is 0.562. The van der Waals surface area contributed by atoms with Crippen LogP contribution in [-0.2, 0) is 4.79 Å². The third-order valence-electron chi connectivity index (χ3n) is 4.89. The van der Waals surface area contributed by atoms with E-state index in [4.69, 9.17) is 4.74 Å². The van der Waals surface area contributed by atoms with Crippen molar-refractivity contribution in [2.45, 2.75) is 19.3 Å². The first-order valence-corrected chi connectivity index (χ1v) is 7.50. The van der Waals surface area contributed by atoms with E-state index in [1.807, 2.05) is 18.0 Å². The van der Waals surface area contributed by atoms with Crippen molar-refractivity contribution in [2.24, 2.45) is 5.41 Å². The summed E-state index contributed by atoms with van der Waals surface area (Å²) in [7, 11) is 3.41. The average molecular weight is 300 g/mol. The monoisotopic (exact) mass is 300 g/mol. The Morgan fingerprint density at radius 3 is 2.68 bits per heavy atom. The summed E-state index contributed by atoms with van der Waals surface area (Å²) in [5.41, 5.74) is 1.48. The van der Waals surface area contributed by atoms with Crippen LogP contribution in [0.2, 0.25) is 0 Å². The molecule has 1 aromatic heterocycles. The van der Waals surface area contributed by atoms with Crippen LogP contribution in [0.1, 0.15) is 24.8 Å². The van der Waals surface area contributed by atoms with E-state index in [2.05, 4.69) is 16.0 Å². The average Bonchev–Trinajstić information content (AvgIpc) is 2.81. The third-order valence-corrected chi connectivity index (χ3v) is 4.89. The Labute approximate surface area is 130 Å². The van der Waals surface area contributed by atoms with Crippen molar-refractivity contribution in [3.05, 3.63) is 17.8 Å². The number of likely N-dealkylation sites (tertiary alicyclic amines) is 1. The van der Waals surface area contributed by atoms with Crippen molar-refractivity contribution in [3.8, 4) is 11.9 Å². The van der Waals surface area contributed by atoms with Gasteiger partial charge in [-0.05, 0) is 18.9 Å². The molecule has 2 saturated heterocycles. The van der Waals surface area contributed by atoms with Crippen LogP contribution in [0.25, 0.3) is 0 Å². The van der Waals surface area contributed by atoms with Gasteiger partial charge in [0.2, 0.25) is 11.8 Å². The predicted molar refractivity (Wildman–Crippen MR) is 81.6 cm³/mol. The summed E-state index contributed by atoms with van der Waals surface area (Å²) in [5, 5.41) is 9.39. The lowest BCUT2D eigenvalue weighted by molar-refractivity contribution is -0.126. The lowest BCUT2D eigenvalue weighted by atomic mass is 9.77. The van der Waals surface area contributed by atoms with Gasteiger partial charge in [-0.15, -0.1) is 0 Å². The van der Waals surface area contributed by atoms with Crippen LogP contribution in [0.15, 0.2) is 12.3 Å². The molecule has 0 unspecified atom stereocenters. The molecule has 1 amide bonds. The molecule has 1 spiro atoms. The molecule has 2 fully saturated rings. The number of methoxy groups -OCH3 is 1. The minimum absolute atomic E-state index is 0.117. The molecule has 3 rings (SSSR count). The van der Waals surface area contributed by atoms with Crippen molar-refractivity contribution in [3.63, 3.8) is 0 Å². The molecule has 0 aromatic carbocycles. The molecule has 6 heteroatoms. The molecule has 116 valence electrons. The van der Waals surface area contributed by atoms with Crippen LogP contribution in [-0.4, -0.2) is 49.6 Å². The predicted octanol–water partition coefficient (Wildman–Crippen LogP) is 1.41. The molecule has 6 nitrogen and oxygen atoms in total. The molecular weight excluding hydrogens is 280 g/mol. The Bertz CT molecular complexity index is 630. The van der Waals surface area contributed by atoms with Crippen molar-refractivity contribution >= 4 is 11.6 Å². The lowest BCUT2D eigenvalue weighted by Gasteiger charge is -2.40. The summed E-state index contributed by atoms with van der Waals surface area (Å²) >= 11 is 0. The standard InChI is InChI=1S/C16H20N4O2/c1-19-11-16(9-14(19)21)4-7-20(8-5-16)13-3-6-18-15(22-2)12(13)10-17/h3,6H,4-5,7-9,11H2,1-2H3. The number of amides is 1. The minimum Gasteiger partial charge on any atom is -0.480 e. The SMILES string of the molecule is COc1nccc(N2CCC3(CC2)CC(=O)N(C)C3)c1C#N. The number of aromatic nitrogens is 1. The van der Waals surface area contributed by atoms with E-state index >= 15 is 0 Å². The Balaban J connectivity index is 1.78. The van der Waals surface area contributed by atoms with Crippen LogP contribution in [0.4, 0.5) is 5.69 Å². The van der Waals surface area contributed by atoms with E-state index in [9.17, 15) is 10.1 Å². The molecule has 1 aromatic rings. The topological polar surface area (TPSA) is 69.5 Å². The van der Waals surface area contributed by atoms with Gasteiger partial charge in [-0.1, -0.05) is 0 Å². The number of anilines is 1. The summed E-state index contributed by atoms with van der Waals surface area (Å²) in [6.07, 6.45) is 4.27. The molecule has 3 heterocycles. The second-order valence-electron chi connectivity index (χ2n) is 6.24. The maximum absolute atomic E-state index is 11.8. The van der Waals surface area contributed by atoms with Gasteiger partial charge in [0, 0.05) is 44.7 Å². The Kier molecular flexibility index (Phi) is 3.65. The highest BCUT2D eigenvalue weighted by Crippen LogP contribution is 2.42. The lowest BCUT2D eigenvalue weighted by Crippen LogP contribution is -2.41. The maximum Gasteiger partial charge on any atom is 0.233 e. The van der Waals surface area contributed by atoms with Gasteiger partial charge in [0.25, 0.3) is 0 Å². The van der Waals surface area contributed by atoms with Crippen LogP contribution < -0.4 is 9.64 Å². The van der Waals surface area contributed by atoms with E-state index in [0.717, 1.165) is 38.2 Å². The summed E-state index contributed by atoms with van der Waals surface area (Å²) in [6, 6.07) is 4.06. The highest BCUT2D eigenvalue weighted by molar-refractivity contribution is 5.79. The van der Waals surface area contributed by atoms with E-state index in [1.165, 1.54) is 7.11 Å². The largest absolute Gasteiger partial charge is 0.480 e. The number of rotatable bonds is 2. The molecule has 0 radical (unpaired) electrons. The van der Waals surface area contributed by atoms with Crippen LogP contribution >= 0.6 is 0 Å². The highest BCUT2D eigenvalue weighted by Gasteiger charge is 2.43. The van der Waals surface area contributed by atoms with Crippen molar-refractivity contribution in [1.82, 2.24) is 9.88 Å². The third kappa shape index (κ3) is 2.37. The first kappa shape index (κ1) is 14.6. The van der Waals surface area contributed by atoms with Gasteiger partial charge in [-0.25, -0.2) is 4.98 Å². The van der Waals surface area contributed by atoms with Crippen LogP contribution in [0.3, 0.4) is 0 Å². The number of hydrogen-bond acceptors (Lipinski definition) is 5. The Morgan fingerprint density at radius 1 is 1.41 bits per heavy atom. The zero-order chi connectivity index (χ0) is 15.7. The first-order valence-electron chi connectivity index (χ1n) is 7.50. The molecule has 2 aliphatic heterocycles. The van der Waals surface area contributed by atoms with Gasteiger partial charge in [-0.2, -0.15) is 5.26 Å². The molecular formula is C16H20N4O2. The van der Waals surface area contributed by atoms with Gasteiger partial charge < -0.3 is 14.5 Å². The van der Waals surface area contributed by atoms with Crippen molar-refractivity contribution in [2.75, 3.05) is 38.7 Å². The van der Waals surface area contributed by atoms with Crippen molar-refractivity contribution < 1.29 is 9.53 Å². The normalized spacial score (nSPS) is 20.3. The molecule has 22 heavy (non-hydrogen) atoms. The van der Waals surface area contributed by atoms with Crippen LogP contribution in [0.5, 0.6) is 5.88 Å². The zero-order valence-electron chi connectivity index (χ0n) is 13.0. The first-order chi connectivity index (χ1) is 10.6. The highest BCUT2D eigenvalue weighted by atomic mass is 16.5. The maximum atomic E-state index is 11.8. The number of pyridine rings is 1. The summed E-state index contributed by atoms with van der Waals surface area (Å²) in [5.74, 6) is 0.618. The number of nitrogens with zero attached hydrogens (tertiary/aromatic N) is 4.